The number of para-hydroxylation sites is 2. The first kappa shape index (κ1) is 12.4. The number of H-pyrrole nitrogens is 1. The number of nitrogens with one attached hydrogen (secondary N) is 2. The number of nitrogens with zero attached hydrogens (tertiary/aromatic N) is 1. The van der Waals surface area contributed by atoms with E-state index < -0.39 is 0 Å². The maximum atomic E-state index is 12.2. The van der Waals surface area contributed by atoms with Gasteiger partial charge in [-0.2, -0.15) is 0 Å². The molecule has 0 radical (unpaired) electrons. The van der Waals surface area contributed by atoms with Gasteiger partial charge in [0.1, 0.15) is 0 Å². The molecule has 1 amide bonds. The molecule has 4 heteroatoms. The maximum absolute atomic E-state index is 12.2. The number of carbonyl (C=O) groups is 1. The van der Waals surface area contributed by atoms with Crippen molar-refractivity contribution in [2.24, 2.45) is 0 Å². The Labute approximate surface area is 116 Å². The molecular formula is C16H15N3O. The number of imidazole rings is 1. The Morgan fingerprint density at radius 2 is 1.80 bits per heavy atom. The minimum atomic E-state index is -0.197. The second kappa shape index (κ2) is 5.17. The van der Waals surface area contributed by atoms with Gasteiger partial charge in [-0.25, -0.2) is 4.98 Å². The number of amides is 1. The van der Waals surface area contributed by atoms with Crippen LogP contribution in [0.4, 0.5) is 0 Å². The number of aromatic nitrogens is 2. The predicted molar refractivity (Wildman–Crippen MR) is 78.4 cm³/mol. The summed E-state index contributed by atoms with van der Waals surface area (Å²) in [5, 5.41) is 2.94. The van der Waals surface area contributed by atoms with Crippen LogP contribution in [0.3, 0.4) is 0 Å². The van der Waals surface area contributed by atoms with Crippen LogP contribution in [0.15, 0.2) is 54.6 Å². The molecule has 0 aliphatic heterocycles. The van der Waals surface area contributed by atoms with Crippen LogP contribution in [-0.2, 0) is 0 Å². The topological polar surface area (TPSA) is 57.8 Å². The lowest BCUT2D eigenvalue weighted by Crippen LogP contribution is -2.27. The van der Waals surface area contributed by atoms with Crippen molar-refractivity contribution in [3.8, 4) is 0 Å². The molecule has 1 aromatic heterocycles. The van der Waals surface area contributed by atoms with Gasteiger partial charge in [0.2, 0.25) is 0 Å². The van der Waals surface area contributed by atoms with E-state index in [2.05, 4.69) is 15.3 Å². The molecule has 0 unspecified atom stereocenters. The van der Waals surface area contributed by atoms with Crippen molar-refractivity contribution < 1.29 is 4.79 Å². The summed E-state index contributed by atoms with van der Waals surface area (Å²) in [6.45, 7) is 1.95. The van der Waals surface area contributed by atoms with Gasteiger partial charge in [-0.15, -0.1) is 0 Å². The molecule has 4 nitrogen and oxygen atoms in total. The van der Waals surface area contributed by atoms with Gasteiger partial charge in [-0.05, 0) is 24.6 Å². The van der Waals surface area contributed by atoms with Crippen LogP contribution in [0.2, 0.25) is 0 Å². The number of benzene rings is 2. The normalized spacial score (nSPS) is 12.2. The van der Waals surface area contributed by atoms with E-state index in [0.717, 1.165) is 16.6 Å². The number of carbonyl (C=O) groups excluding carboxylic acids is 1. The summed E-state index contributed by atoms with van der Waals surface area (Å²) in [6.07, 6.45) is 0. The SMILES string of the molecule is C[C@H](NC(=O)c1nc2ccccc2[nH]1)c1ccccc1. The number of rotatable bonds is 3. The lowest BCUT2D eigenvalue weighted by atomic mass is 10.1. The van der Waals surface area contributed by atoms with Crippen LogP contribution >= 0.6 is 0 Å². The highest BCUT2D eigenvalue weighted by atomic mass is 16.2. The molecule has 0 bridgehead atoms. The van der Waals surface area contributed by atoms with Crippen LogP contribution < -0.4 is 5.32 Å². The van der Waals surface area contributed by atoms with Gasteiger partial charge in [0.05, 0.1) is 17.1 Å². The van der Waals surface area contributed by atoms with Crippen LogP contribution in [-0.4, -0.2) is 15.9 Å². The average molecular weight is 265 g/mol. The maximum Gasteiger partial charge on any atom is 0.287 e. The first-order chi connectivity index (χ1) is 9.74. The second-order valence-electron chi connectivity index (χ2n) is 4.71. The fourth-order valence-electron chi connectivity index (χ4n) is 2.15. The Morgan fingerprint density at radius 3 is 2.55 bits per heavy atom. The van der Waals surface area contributed by atoms with Crippen molar-refractivity contribution in [2.75, 3.05) is 0 Å². The zero-order valence-corrected chi connectivity index (χ0v) is 11.1. The molecular weight excluding hydrogens is 250 g/mol. The number of hydrogen-bond acceptors (Lipinski definition) is 2. The summed E-state index contributed by atoms with van der Waals surface area (Å²) >= 11 is 0. The number of fused-ring (bicyclic) bond motifs is 1. The molecule has 2 N–H and O–H groups in total. The van der Waals surface area contributed by atoms with Gasteiger partial charge in [0.25, 0.3) is 5.91 Å². The van der Waals surface area contributed by atoms with E-state index in [1.807, 2.05) is 61.5 Å². The van der Waals surface area contributed by atoms with Crippen LogP contribution in [0.25, 0.3) is 11.0 Å². The van der Waals surface area contributed by atoms with Crippen LogP contribution in [0.5, 0.6) is 0 Å². The third kappa shape index (κ3) is 2.40. The van der Waals surface area contributed by atoms with Crippen molar-refractivity contribution in [3.05, 3.63) is 66.0 Å². The van der Waals surface area contributed by atoms with E-state index in [1.54, 1.807) is 0 Å². The Balaban J connectivity index is 1.79. The van der Waals surface area contributed by atoms with Crippen molar-refractivity contribution >= 4 is 16.9 Å². The predicted octanol–water partition coefficient (Wildman–Crippen LogP) is 3.05. The smallest absolute Gasteiger partial charge is 0.287 e. The van der Waals surface area contributed by atoms with Crippen molar-refractivity contribution in [2.45, 2.75) is 13.0 Å². The summed E-state index contributed by atoms with van der Waals surface area (Å²) in [4.78, 5) is 19.5. The number of hydrogen-bond donors (Lipinski definition) is 2. The molecule has 0 saturated carbocycles. The largest absolute Gasteiger partial charge is 0.343 e. The van der Waals surface area contributed by atoms with Gasteiger partial charge in [-0.3, -0.25) is 4.79 Å². The molecule has 0 aliphatic rings. The highest BCUT2D eigenvalue weighted by Gasteiger charge is 2.14. The second-order valence-corrected chi connectivity index (χ2v) is 4.71. The molecule has 1 heterocycles. The van der Waals surface area contributed by atoms with E-state index in [9.17, 15) is 4.79 Å². The van der Waals surface area contributed by atoms with E-state index >= 15 is 0 Å². The Kier molecular flexibility index (Phi) is 3.21. The van der Waals surface area contributed by atoms with Gasteiger partial charge in [-0.1, -0.05) is 42.5 Å². The minimum Gasteiger partial charge on any atom is -0.343 e. The molecule has 3 rings (SSSR count). The van der Waals surface area contributed by atoms with Crippen LogP contribution in [0, 0.1) is 0 Å². The molecule has 100 valence electrons. The lowest BCUT2D eigenvalue weighted by Gasteiger charge is -2.12. The van der Waals surface area contributed by atoms with E-state index in [0.29, 0.717) is 5.82 Å². The minimum absolute atomic E-state index is 0.0584. The lowest BCUT2D eigenvalue weighted by molar-refractivity contribution is 0.0930. The van der Waals surface area contributed by atoms with Gasteiger partial charge >= 0.3 is 0 Å². The average Bonchev–Trinajstić information content (AvgIpc) is 2.92. The quantitative estimate of drug-likeness (QED) is 0.764. The summed E-state index contributed by atoms with van der Waals surface area (Å²) in [5.41, 5.74) is 2.73. The summed E-state index contributed by atoms with van der Waals surface area (Å²) in [5.74, 6) is 0.145. The zero-order chi connectivity index (χ0) is 13.9. The van der Waals surface area contributed by atoms with Gasteiger partial charge in [0, 0.05) is 0 Å². The first-order valence-electron chi connectivity index (χ1n) is 6.54. The Bertz CT molecular complexity index is 701. The summed E-state index contributed by atoms with van der Waals surface area (Å²) < 4.78 is 0. The molecule has 0 spiro atoms. The standard InChI is InChI=1S/C16H15N3O/c1-11(12-7-3-2-4-8-12)17-16(20)15-18-13-9-5-6-10-14(13)19-15/h2-11H,1H3,(H,17,20)(H,18,19)/t11-/m0/s1. The van der Waals surface area contributed by atoms with E-state index in [-0.39, 0.29) is 11.9 Å². The molecule has 0 aliphatic carbocycles. The third-order valence-corrected chi connectivity index (χ3v) is 3.25. The highest BCUT2D eigenvalue weighted by molar-refractivity contribution is 5.94. The summed E-state index contributed by atoms with van der Waals surface area (Å²) in [6, 6.07) is 17.4. The third-order valence-electron chi connectivity index (χ3n) is 3.25. The van der Waals surface area contributed by atoms with Crippen molar-refractivity contribution in [3.63, 3.8) is 0 Å². The number of aromatic amines is 1. The molecule has 3 aromatic rings. The van der Waals surface area contributed by atoms with Crippen LogP contribution in [0.1, 0.15) is 29.1 Å². The molecule has 1 atom stereocenters. The van der Waals surface area contributed by atoms with E-state index in [1.165, 1.54) is 0 Å². The van der Waals surface area contributed by atoms with E-state index in [4.69, 9.17) is 0 Å². The first-order valence-corrected chi connectivity index (χ1v) is 6.54. The highest BCUT2D eigenvalue weighted by Crippen LogP contribution is 2.13. The molecule has 0 fully saturated rings. The van der Waals surface area contributed by atoms with Crippen molar-refractivity contribution in [1.29, 1.82) is 0 Å². The fourth-order valence-corrected chi connectivity index (χ4v) is 2.15. The Morgan fingerprint density at radius 1 is 1.10 bits per heavy atom. The Hall–Kier alpha value is -2.62. The summed E-state index contributed by atoms with van der Waals surface area (Å²) in [7, 11) is 0. The van der Waals surface area contributed by atoms with Gasteiger partial charge < -0.3 is 10.3 Å². The fraction of sp³-hybridized carbons (Fsp3) is 0.125. The molecule has 2 aromatic carbocycles. The van der Waals surface area contributed by atoms with Gasteiger partial charge in [0.15, 0.2) is 5.82 Å². The molecule has 20 heavy (non-hydrogen) atoms. The zero-order valence-electron chi connectivity index (χ0n) is 11.1. The molecule has 0 saturated heterocycles. The van der Waals surface area contributed by atoms with Crippen molar-refractivity contribution in [1.82, 2.24) is 15.3 Å². The monoisotopic (exact) mass is 265 g/mol.